The molecule has 2 N–H and O–H groups in total. The summed E-state index contributed by atoms with van der Waals surface area (Å²) in [5.41, 5.74) is 7.58. The molecule has 0 saturated carbocycles. The van der Waals surface area contributed by atoms with Gasteiger partial charge in [0.1, 0.15) is 11.4 Å². The summed E-state index contributed by atoms with van der Waals surface area (Å²) in [6.07, 6.45) is 2.63. The molecule has 0 radical (unpaired) electrons. The predicted octanol–water partition coefficient (Wildman–Crippen LogP) is 3.34. The van der Waals surface area contributed by atoms with Gasteiger partial charge in [0.15, 0.2) is 0 Å². The molecule has 0 bridgehead atoms. The van der Waals surface area contributed by atoms with Gasteiger partial charge >= 0.3 is 6.09 Å². The van der Waals surface area contributed by atoms with Gasteiger partial charge in [-0.15, -0.1) is 0 Å². The summed E-state index contributed by atoms with van der Waals surface area (Å²) in [6, 6.07) is 4.09. The maximum Gasteiger partial charge on any atom is 0.410 e. The minimum absolute atomic E-state index is 0.231. The van der Waals surface area contributed by atoms with E-state index in [-0.39, 0.29) is 12.0 Å². The zero-order valence-corrected chi connectivity index (χ0v) is 14.1. The number of nitrogens with zero attached hydrogens (tertiary/aromatic N) is 2. The lowest BCUT2D eigenvalue weighted by Crippen LogP contribution is -2.42. The lowest BCUT2D eigenvalue weighted by molar-refractivity contribution is 0.0197. The largest absolute Gasteiger partial charge is 0.444 e. The average Bonchev–Trinajstić information content (AvgIpc) is 2.45. The third kappa shape index (κ3) is 4.12. The number of piperidine rings is 1. The van der Waals surface area contributed by atoms with E-state index >= 15 is 0 Å². The Balaban J connectivity index is 2.07. The monoisotopic (exact) mass is 305 g/mol. The van der Waals surface area contributed by atoms with Gasteiger partial charge in [-0.25, -0.2) is 9.78 Å². The molecule has 1 amide bonds. The molecule has 1 saturated heterocycles. The Morgan fingerprint density at radius 3 is 2.77 bits per heavy atom. The number of amides is 1. The number of ether oxygens (including phenoxy) is 1. The van der Waals surface area contributed by atoms with E-state index < -0.39 is 5.60 Å². The van der Waals surface area contributed by atoms with Crippen molar-refractivity contribution in [1.29, 1.82) is 0 Å². The van der Waals surface area contributed by atoms with Crippen LogP contribution in [0.4, 0.5) is 10.6 Å². The molecule has 1 unspecified atom stereocenters. The van der Waals surface area contributed by atoms with Crippen LogP contribution in [0.5, 0.6) is 0 Å². The molecule has 1 aliphatic rings. The summed E-state index contributed by atoms with van der Waals surface area (Å²) in [5.74, 6) is 0.837. The van der Waals surface area contributed by atoms with Gasteiger partial charge in [-0.05, 0) is 51.7 Å². The van der Waals surface area contributed by atoms with Gasteiger partial charge in [0, 0.05) is 24.7 Å². The average molecular weight is 305 g/mol. The van der Waals surface area contributed by atoms with E-state index in [1.54, 1.807) is 4.90 Å². The molecular formula is C17H27N3O2. The van der Waals surface area contributed by atoms with E-state index in [1.165, 1.54) is 0 Å². The zero-order valence-electron chi connectivity index (χ0n) is 14.1. The molecule has 122 valence electrons. The summed E-state index contributed by atoms with van der Waals surface area (Å²) < 4.78 is 5.46. The molecule has 5 heteroatoms. The predicted molar refractivity (Wildman–Crippen MR) is 87.8 cm³/mol. The molecule has 1 atom stereocenters. The van der Waals surface area contributed by atoms with Crippen LogP contribution in [0, 0.1) is 0 Å². The molecule has 1 fully saturated rings. The van der Waals surface area contributed by atoms with E-state index in [4.69, 9.17) is 10.5 Å². The topological polar surface area (TPSA) is 68.5 Å². The van der Waals surface area contributed by atoms with Crippen LogP contribution in [0.3, 0.4) is 0 Å². The Hall–Kier alpha value is -1.78. The van der Waals surface area contributed by atoms with E-state index in [2.05, 4.69) is 11.9 Å². The molecular weight excluding hydrogens is 278 g/mol. The summed E-state index contributed by atoms with van der Waals surface area (Å²) in [6.45, 7) is 9.12. The fourth-order valence-corrected chi connectivity index (χ4v) is 2.76. The van der Waals surface area contributed by atoms with Gasteiger partial charge in [-0.2, -0.15) is 0 Å². The first-order chi connectivity index (χ1) is 10.3. The summed E-state index contributed by atoms with van der Waals surface area (Å²) in [5, 5.41) is 0. The molecule has 1 aliphatic heterocycles. The van der Waals surface area contributed by atoms with E-state index in [0.717, 1.165) is 37.1 Å². The van der Waals surface area contributed by atoms with Gasteiger partial charge in [0.05, 0.1) is 0 Å². The fraction of sp³-hybridized carbons (Fsp3) is 0.647. The van der Waals surface area contributed by atoms with Crippen LogP contribution in [-0.4, -0.2) is 34.7 Å². The Labute approximate surface area is 132 Å². The highest BCUT2D eigenvalue weighted by molar-refractivity contribution is 5.68. The number of likely N-dealkylation sites (tertiary alicyclic amines) is 1. The highest BCUT2D eigenvalue weighted by Gasteiger charge is 2.29. The van der Waals surface area contributed by atoms with Crippen LogP contribution in [0.2, 0.25) is 0 Å². The number of pyridine rings is 1. The van der Waals surface area contributed by atoms with Crippen molar-refractivity contribution >= 4 is 11.9 Å². The summed E-state index contributed by atoms with van der Waals surface area (Å²) in [7, 11) is 0. The summed E-state index contributed by atoms with van der Waals surface area (Å²) in [4.78, 5) is 18.5. The van der Waals surface area contributed by atoms with E-state index in [9.17, 15) is 4.79 Å². The second kappa shape index (κ2) is 6.55. The highest BCUT2D eigenvalue weighted by Crippen LogP contribution is 2.28. The van der Waals surface area contributed by atoms with Crippen molar-refractivity contribution < 1.29 is 9.53 Å². The quantitative estimate of drug-likeness (QED) is 0.910. The number of anilines is 1. The lowest BCUT2D eigenvalue weighted by Gasteiger charge is -2.34. The minimum atomic E-state index is -0.463. The van der Waals surface area contributed by atoms with Crippen molar-refractivity contribution in [1.82, 2.24) is 9.88 Å². The third-order valence-corrected chi connectivity index (χ3v) is 3.91. The van der Waals surface area contributed by atoms with Crippen LogP contribution in [0.15, 0.2) is 12.1 Å². The standard InChI is InChI=1S/C17H27N3O2/c1-5-12-8-9-14(19-15(12)18)13-7-6-10-20(11-13)16(21)22-17(2,3)4/h8-9,13H,5-7,10-11H2,1-4H3,(H2,18,19). The Morgan fingerprint density at radius 1 is 1.45 bits per heavy atom. The Morgan fingerprint density at radius 2 is 2.18 bits per heavy atom. The highest BCUT2D eigenvalue weighted by atomic mass is 16.6. The molecule has 1 aromatic heterocycles. The molecule has 5 nitrogen and oxygen atoms in total. The van der Waals surface area contributed by atoms with Gasteiger partial charge in [-0.1, -0.05) is 13.0 Å². The molecule has 0 spiro atoms. The first-order valence-corrected chi connectivity index (χ1v) is 8.03. The smallest absolute Gasteiger partial charge is 0.410 e. The van der Waals surface area contributed by atoms with Gasteiger partial charge < -0.3 is 15.4 Å². The van der Waals surface area contributed by atoms with Crippen LogP contribution in [-0.2, 0) is 11.2 Å². The van der Waals surface area contributed by atoms with Crippen molar-refractivity contribution in [3.8, 4) is 0 Å². The van der Waals surface area contributed by atoms with Crippen LogP contribution in [0.1, 0.15) is 57.7 Å². The minimum Gasteiger partial charge on any atom is -0.444 e. The normalized spacial score (nSPS) is 19.1. The molecule has 22 heavy (non-hydrogen) atoms. The van der Waals surface area contributed by atoms with E-state index in [0.29, 0.717) is 12.4 Å². The fourth-order valence-electron chi connectivity index (χ4n) is 2.76. The number of hydrogen-bond donors (Lipinski definition) is 1. The molecule has 2 rings (SSSR count). The van der Waals surface area contributed by atoms with Crippen LogP contribution in [0.25, 0.3) is 0 Å². The number of hydrogen-bond acceptors (Lipinski definition) is 4. The number of carbonyl (C=O) groups is 1. The van der Waals surface area contributed by atoms with Crippen molar-refractivity contribution in [2.45, 2.75) is 58.5 Å². The maximum atomic E-state index is 12.2. The summed E-state index contributed by atoms with van der Waals surface area (Å²) >= 11 is 0. The molecule has 1 aromatic rings. The van der Waals surface area contributed by atoms with Crippen molar-refractivity contribution in [3.05, 3.63) is 23.4 Å². The third-order valence-electron chi connectivity index (χ3n) is 3.91. The van der Waals surface area contributed by atoms with E-state index in [1.807, 2.05) is 32.9 Å². The Kier molecular flexibility index (Phi) is 4.94. The van der Waals surface area contributed by atoms with Gasteiger partial charge in [0.25, 0.3) is 0 Å². The number of rotatable bonds is 2. The molecule has 0 aliphatic carbocycles. The number of aryl methyl sites for hydroxylation is 1. The Bertz CT molecular complexity index is 537. The second-order valence-corrected chi connectivity index (χ2v) is 6.90. The second-order valence-electron chi connectivity index (χ2n) is 6.90. The maximum absolute atomic E-state index is 12.2. The van der Waals surface area contributed by atoms with Crippen molar-refractivity contribution in [2.24, 2.45) is 0 Å². The van der Waals surface area contributed by atoms with Crippen LogP contribution >= 0.6 is 0 Å². The molecule has 2 heterocycles. The number of nitrogens with two attached hydrogens (primary N) is 1. The zero-order chi connectivity index (χ0) is 16.3. The molecule has 0 aromatic carbocycles. The number of aromatic nitrogens is 1. The van der Waals surface area contributed by atoms with Crippen molar-refractivity contribution in [2.75, 3.05) is 18.8 Å². The first-order valence-electron chi connectivity index (χ1n) is 8.03. The SMILES string of the molecule is CCc1ccc(C2CCCN(C(=O)OC(C)(C)C)C2)nc1N. The lowest BCUT2D eigenvalue weighted by atomic mass is 9.94. The van der Waals surface area contributed by atoms with Crippen molar-refractivity contribution in [3.63, 3.8) is 0 Å². The van der Waals surface area contributed by atoms with Gasteiger partial charge in [-0.3, -0.25) is 0 Å². The number of carbonyl (C=O) groups excluding carboxylic acids is 1. The number of nitrogen functional groups attached to an aromatic ring is 1. The van der Waals surface area contributed by atoms with Crippen LogP contribution < -0.4 is 5.73 Å². The van der Waals surface area contributed by atoms with Gasteiger partial charge in [0.2, 0.25) is 0 Å². The first kappa shape index (κ1) is 16.6.